The summed E-state index contributed by atoms with van der Waals surface area (Å²) < 4.78 is 10.2. The molecule has 0 spiro atoms. The summed E-state index contributed by atoms with van der Waals surface area (Å²) in [7, 11) is 0. The van der Waals surface area contributed by atoms with Gasteiger partial charge in [0, 0.05) is 48.8 Å². The molecule has 5 nitrogen and oxygen atoms in total. The molecule has 0 unspecified atom stereocenters. The summed E-state index contributed by atoms with van der Waals surface area (Å²) in [6, 6.07) is 7.08. The van der Waals surface area contributed by atoms with E-state index >= 15 is 0 Å². The van der Waals surface area contributed by atoms with Crippen LogP contribution in [0.4, 0.5) is 5.69 Å². The predicted molar refractivity (Wildman–Crippen MR) is 88.2 cm³/mol. The Bertz CT molecular complexity index is 701. The number of carbonyl (C=O) groups is 1. The van der Waals surface area contributed by atoms with Crippen LogP contribution in [0.15, 0.2) is 33.5 Å². The van der Waals surface area contributed by atoms with Gasteiger partial charge in [-0.15, -0.1) is 0 Å². The van der Waals surface area contributed by atoms with Gasteiger partial charge in [0.1, 0.15) is 12.2 Å². The lowest BCUT2D eigenvalue weighted by Crippen LogP contribution is -2.21. The van der Waals surface area contributed by atoms with Gasteiger partial charge in [0.2, 0.25) is 0 Å². The number of carbonyl (C=O) groups excluding carboxylic acids is 1. The number of nitrogens with zero attached hydrogens (tertiary/aromatic N) is 1. The molecule has 2 aromatic rings. The highest BCUT2D eigenvalue weighted by Crippen LogP contribution is 2.24. The minimum Gasteiger partial charge on any atom is -0.461 e. The number of fused-ring (bicyclic) bond motifs is 1. The third kappa shape index (κ3) is 3.87. The second-order valence-electron chi connectivity index (χ2n) is 4.72. The first-order chi connectivity index (χ1) is 10.0. The second kappa shape index (κ2) is 7.64. The molecule has 0 N–H and O–H groups in total. The number of hydrogen-bond donors (Lipinski definition) is 0. The SMILES string of the molecule is C.CCN(CC)c1ccc2c(COC(C)=O)cc(=O)oc2c1. The zero-order valence-corrected chi connectivity index (χ0v) is 12.5. The number of anilines is 1. The topological polar surface area (TPSA) is 59.8 Å². The normalized spacial score (nSPS) is 10.1. The Kier molecular flexibility index (Phi) is 6.16. The van der Waals surface area contributed by atoms with E-state index in [1.54, 1.807) is 0 Å². The predicted octanol–water partition coefficient (Wildman–Crippen LogP) is 3.34. The van der Waals surface area contributed by atoms with E-state index < -0.39 is 5.63 Å². The Morgan fingerprint density at radius 3 is 2.50 bits per heavy atom. The Hall–Kier alpha value is -2.30. The number of rotatable bonds is 5. The second-order valence-corrected chi connectivity index (χ2v) is 4.72. The van der Waals surface area contributed by atoms with Crippen LogP contribution in [0, 0.1) is 0 Å². The van der Waals surface area contributed by atoms with E-state index in [9.17, 15) is 9.59 Å². The fourth-order valence-corrected chi connectivity index (χ4v) is 2.30. The molecular weight excluding hydrogens is 282 g/mol. The van der Waals surface area contributed by atoms with Gasteiger partial charge in [0.15, 0.2) is 0 Å². The van der Waals surface area contributed by atoms with Gasteiger partial charge < -0.3 is 14.1 Å². The van der Waals surface area contributed by atoms with Gasteiger partial charge in [-0.3, -0.25) is 4.79 Å². The van der Waals surface area contributed by atoms with Crippen LogP contribution in [0.5, 0.6) is 0 Å². The van der Waals surface area contributed by atoms with Crippen LogP contribution in [0.25, 0.3) is 11.0 Å². The molecule has 0 bridgehead atoms. The van der Waals surface area contributed by atoms with Gasteiger partial charge in [-0.1, -0.05) is 7.43 Å². The first-order valence-electron chi connectivity index (χ1n) is 7.00. The molecular formula is C17H23NO4. The van der Waals surface area contributed by atoms with Crippen LogP contribution in [0.1, 0.15) is 33.8 Å². The lowest BCUT2D eigenvalue weighted by molar-refractivity contribution is -0.142. The van der Waals surface area contributed by atoms with Crippen molar-refractivity contribution in [2.45, 2.75) is 34.8 Å². The fourth-order valence-electron chi connectivity index (χ4n) is 2.30. The molecule has 0 atom stereocenters. The average molecular weight is 305 g/mol. The summed E-state index contributed by atoms with van der Waals surface area (Å²) in [5.41, 5.74) is 1.72. The summed E-state index contributed by atoms with van der Waals surface area (Å²) in [6.45, 7) is 7.30. The van der Waals surface area contributed by atoms with Gasteiger partial charge in [0.05, 0.1) is 0 Å². The zero-order valence-electron chi connectivity index (χ0n) is 12.5. The molecule has 0 aliphatic rings. The Labute approximate surface area is 130 Å². The number of benzene rings is 1. The Morgan fingerprint density at radius 2 is 1.91 bits per heavy atom. The van der Waals surface area contributed by atoms with Crippen LogP contribution in [-0.4, -0.2) is 19.1 Å². The molecule has 0 saturated carbocycles. The summed E-state index contributed by atoms with van der Waals surface area (Å²) in [6.07, 6.45) is 0. The highest BCUT2D eigenvalue weighted by atomic mass is 16.5. The largest absolute Gasteiger partial charge is 0.461 e. The van der Waals surface area contributed by atoms with Crippen molar-refractivity contribution in [3.8, 4) is 0 Å². The highest BCUT2D eigenvalue weighted by Gasteiger charge is 2.10. The van der Waals surface area contributed by atoms with Crippen LogP contribution in [-0.2, 0) is 16.1 Å². The van der Waals surface area contributed by atoms with Crippen molar-refractivity contribution in [3.63, 3.8) is 0 Å². The molecule has 1 heterocycles. The highest BCUT2D eigenvalue weighted by molar-refractivity contribution is 5.83. The van der Waals surface area contributed by atoms with E-state index in [2.05, 4.69) is 18.7 Å². The van der Waals surface area contributed by atoms with Gasteiger partial charge in [-0.2, -0.15) is 0 Å². The van der Waals surface area contributed by atoms with Crippen molar-refractivity contribution in [2.24, 2.45) is 0 Å². The van der Waals surface area contributed by atoms with Crippen LogP contribution in [0.2, 0.25) is 0 Å². The Balaban J connectivity index is 0.00000242. The fraction of sp³-hybridized carbons (Fsp3) is 0.412. The molecule has 1 aromatic carbocycles. The van der Waals surface area contributed by atoms with E-state index in [1.165, 1.54) is 13.0 Å². The third-order valence-corrected chi connectivity index (χ3v) is 3.37. The average Bonchev–Trinajstić information content (AvgIpc) is 2.45. The summed E-state index contributed by atoms with van der Waals surface area (Å²) in [5.74, 6) is -0.379. The van der Waals surface area contributed by atoms with Crippen molar-refractivity contribution in [3.05, 3.63) is 40.2 Å². The number of hydrogen-bond acceptors (Lipinski definition) is 5. The first kappa shape index (κ1) is 17.8. The minimum absolute atomic E-state index is 0. The molecule has 120 valence electrons. The zero-order chi connectivity index (χ0) is 15.4. The summed E-state index contributed by atoms with van der Waals surface area (Å²) in [5, 5.41) is 0.784. The Morgan fingerprint density at radius 1 is 1.23 bits per heavy atom. The first-order valence-corrected chi connectivity index (χ1v) is 7.00. The van der Waals surface area contributed by atoms with E-state index in [4.69, 9.17) is 9.15 Å². The van der Waals surface area contributed by atoms with E-state index in [0.717, 1.165) is 24.2 Å². The lowest BCUT2D eigenvalue weighted by atomic mass is 10.1. The molecule has 0 aliphatic carbocycles. The van der Waals surface area contributed by atoms with Gasteiger partial charge in [0.25, 0.3) is 0 Å². The number of esters is 1. The van der Waals surface area contributed by atoms with E-state index in [-0.39, 0.29) is 20.0 Å². The van der Waals surface area contributed by atoms with Crippen LogP contribution in [0.3, 0.4) is 0 Å². The van der Waals surface area contributed by atoms with E-state index in [1.807, 2.05) is 18.2 Å². The van der Waals surface area contributed by atoms with Crippen molar-refractivity contribution >= 4 is 22.6 Å². The van der Waals surface area contributed by atoms with Gasteiger partial charge in [-0.25, -0.2) is 4.79 Å². The van der Waals surface area contributed by atoms with Crippen LogP contribution < -0.4 is 10.5 Å². The molecule has 0 saturated heterocycles. The third-order valence-electron chi connectivity index (χ3n) is 3.37. The quantitative estimate of drug-likeness (QED) is 0.626. The van der Waals surface area contributed by atoms with Crippen LogP contribution >= 0.6 is 0 Å². The molecule has 0 fully saturated rings. The smallest absolute Gasteiger partial charge is 0.336 e. The van der Waals surface area contributed by atoms with Crippen molar-refractivity contribution in [2.75, 3.05) is 18.0 Å². The number of ether oxygens (including phenoxy) is 1. The molecule has 1 aromatic heterocycles. The summed E-state index contributed by atoms with van der Waals surface area (Å²) >= 11 is 0. The van der Waals surface area contributed by atoms with Crippen molar-refractivity contribution in [1.29, 1.82) is 0 Å². The monoisotopic (exact) mass is 305 g/mol. The molecule has 5 heteroatoms. The molecule has 0 radical (unpaired) electrons. The molecule has 2 rings (SSSR count). The molecule has 0 aliphatic heterocycles. The lowest BCUT2D eigenvalue weighted by Gasteiger charge is -2.21. The maximum Gasteiger partial charge on any atom is 0.336 e. The molecule has 22 heavy (non-hydrogen) atoms. The maximum atomic E-state index is 11.6. The minimum atomic E-state index is -0.443. The standard InChI is InChI=1S/C16H19NO4.CH4/c1-4-17(5-2)13-6-7-14-12(10-20-11(3)18)8-16(19)21-15(14)9-13;/h6-9H,4-5,10H2,1-3H3;1H4. The van der Waals surface area contributed by atoms with Gasteiger partial charge in [-0.05, 0) is 26.0 Å². The molecule has 0 amide bonds. The van der Waals surface area contributed by atoms with Crippen molar-refractivity contribution in [1.82, 2.24) is 0 Å². The van der Waals surface area contributed by atoms with E-state index in [0.29, 0.717) is 11.1 Å². The van der Waals surface area contributed by atoms with Gasteiger partial charge >= 0.3 is 11.6 Å². The van der Waals surface area contributed by atoms with Crippen molar-refractivity contribution < 1.29 is 13.9 Å². The summed E-state index contributed by atoms with van der Waals surface area (Å²) in [4.78, 5) is 24.7. The maximum absolute atomic E-state index is 11.6.